The Hall–Kier alpha value is -2.45. The number of benzene rings is 2. The van der Waals surface area contributed by atoms with Crippen LogP contribution in [0.15, 0.2) is 52.9 Å². The highest BCUT2D eigenvalue weighted by Gasteiger charge is 2.10. The summed E-state index contributed by atoms with van der Waals surface area (Å²) in [4.78, 5) is 12.0. The van der Waals surface area contributed by atoms with Crippen molar-refractivity contribution in [3.63, 3.8) is 0 Å². The number of hydrogen-bond donors (Lipinski definition) is 1. The van der Waals surface area contributed by atoms with Crippen LogP contribution in [0.25, 0.3) is 0 Å². The van der Waals surface area contributed by atoms with E-state index >= 15 is 0 Å². The average molecular weight is 404 g/mol. The molecule has 0 aliphatic heterocycles. The summed E-state index contributed by atoms with van der Waals surface area (Å²) in [7, 11) is 0. The van der Waals surface area contributed by atoms with E-state index in [2.05, 4.69) is 22.4 Å². The number of thioether (sulfide) groups is 1. The number of aromatic nitrogens is 2. The molecular formula is C19H18FN3O2S2. The number of amides is 1. The van der Waals surface area contributed by atoms with Crippen LogP contribution in [-0.2, 0) is 17.0 Å². The van der Waals surface area contributed by atoms with Gasteiger partial charge in [-0.05, 0) is 35.7 Å². The third kappa shape index (κ3) is 5.77. The summed E-state index contributed by atoms with van der Waals surface area (Å²) in [6.45, 7) is 1.97. The van der Waals surface area contributed by atoms with Gasteiger partial charge in [-0.2, -0.15) is 0 Å². The standard InChI is InChI=1S/C19H18FN3O2S2/c1-2-13-7-9-15(10-8-13)25-11-17(24)21-18-22-23-19(27-18)26-12-14-5-3-4-6-16(14)20/h3-10H,2,11-12H2,1H3,(H,21,22,24). The molecule has 0 aliphatic carbocycles. The smallest absolute Gasteiger partial charge is 0.264 e. The van der Waals surface area contributed by atoms with E-state index in [0.29, 0.717) is 26.5 Å². The van der Waals surface area contributed by atoms with Crippen molar-refractivity contribution in [2.24, 2.45) is 0 Å². The van der Waals surface area contributed by atoms with Gasteiger partial charge in [0, 0.05) is 5.75 Å². The summed E-state index contributed by atoms with van der Waals surface area (Å²) in [5.74, 6) is 0.538. The van der Waals surface area contributed by atoms with Crippen LogP contribution in [0.1, 0.15) is 18.1 Å². The van der Waals surface area contributed by atoms with Crippen LogP contribution in [0.4, 0.5) is 9.52 Å². The number of nitrogens with zero attached hydrogens (tertiary/aromatic N) is 2. The molecule has 0 saturated heterocycles. The lowest BCUT2D eigenvalue weighted by Gasteiger charge is -2.06. The second-order valence-corrected chi connectivity index (χ2v) is 7.79. The molecule has 8 heteroatoms. The lowest BCUT2D eigenvalue weighted by molar-refractivity contribution is -0.118. The largest absolute Gasteiger partial charge is 0.484 e. The van der Waals surface area contributed by atoms with Crippen LogP contribution in [0.2, 0.25) is 0 Å². The summed E-state index contributed by atoms with van der Waals surface area (Å²) in [5.41, 5.74) is 1.81. The highest BCUT2D eigenvalue weighted by Crippen LogP contribution is 2.28. The van der Waals surface area contributed by atoms with E-state index in [1.165, 1.54) is 34.7 Å². The van der Waals surface area contributed by atoms with Gasteiger partial charge in [0.25, 0.3) is 5.91 Å². The minimum atomic E-state index is -0.309. The number of halogens is 1. The number of hydrogen-bond acceptors (Lipinski definition) is 6. The van der Waals surface area contributed by atoms with Crippen LogP contribution < -0.4 is 10.1 Å². The first-order valence-electron chi connectivity index (χ1n) is 8.35. The predicted molar refractivity (Wildman–Crippen MR) is 106 cm³/mol. The summed E-state index contributed by atoms with van der Waals surface area (Å²) in [6, 6.07) is 14.2. The second kappa shape index (κ2) is 9.48. The molecule has 0 aliphatic rings. The third-order valence-corrected chi connectivity index (χ3v) is 5.68. The van der Waals surface area contributed by atoms with Crippen LogP contribution in [0, 0.1) is 5.82 Å². The fourth-order valence-electron chi connectivity index (χ4n) is 2.20. The molecule has 3 aromatic rings. The Morgan fingerprint density at radius 1 is 1.19 bits per heavy atom. The quantitative estimate of drug-likeness (QED) is 0.442. The maximum Gasteiger partial charge on any atom is 0.264 e. The van der Waals surface area contributed by atoms with Gasteiger partial charge in [0.1, 0.15) is 11.6 Å². The van der Waals surface area contributed by atoms with Gasteiger partial charge in [0.05, 0.1) is 0 Å². The highest BCUT2D eigenvalue weighted by molar-refractivity contribution is 8.00. The summed E-state index contributed by atoms with van der Waals surface area (Å²) in [5, 5.41) is 11.0. The number of rotatable bonds is 8. The minimum Gasteiger partial charge on any atom is -0.484 e. The molecule has 0 unspecified atom stereocenters. The van der Waals surface area contributed by atoms with Gasteiger partial charge in [-0.25, -0.2) is 4.39 Å². The Morgan fingerprint density at radius 2 is 1.96 bits per heavy atom. The van der Waals surface area contributed by atoms with Crippen LogP contribution in [0.3, 0.4) is 0 Å². The normalized spacial score (nSPS) is 10.6. The van der Waals surface area contributed by atoms with Gasteiger partial charge in [-0.15, -0.1) is 10.2 Å². The first-order chi connectivity index (χ1) is 13.1. The molecule has 0 radical (unpaired) electrons. The van der Waals surface area contributed by atoms with Crippen molar-refractivity contribution < 1.29 is 13.9 Å². The predicted octanol–water partition coefficient (Wildman–Crippen LogP) is 4.55. The summed E-state index contributed by atoms with van der Waals surface area (Å²) in [6.07, 6.45) is 0.953. The SMILES string of the molecule is CCc1ccc(OCC(=O)Nc2nnc(SCc3ccccc3F)s2)cc1. The van der Waals surface area contributed by atoms with E-state index in [0.717, 1.165) is 6.42 Å². The third-order valence-electron chi connectivity index (χ3n) is 3.66. The molecule has 0 saturated carbocycles. The van der Waals surface area contributed by atoms with Gasteiger partial charge in [0.2, 0.25) is 5.13 Å². The summed E-state index contributed by atoms with van der Waals surface area (Å²) >= 11 is 2.62. The molecule has 140 valence electrons. The first kappa shape index (κ1) is 19.3. The fourth-order valence-corrected chi connectivity index (χ4v) is 3.95. The Morgan fingerprint density at radius 3 is 2.70 bits per heavy atom. The Labute approximate surface area is 165 Å². The number of anilines is 1. The Bertz CT molecular complexity index is 900. The summed E-state index contributed by atoms with van der Waals surface area (Å²) < 4.78 is 19.7. The molecule has 2 aromatic carbocycles. The van der Waals surface area contributed by atoms with Gasteiger partial charge >= 0.3 is 0 Å². The number of ether oxygens (including phenoxy) is 1. The van der Waals surface area contributed by atoms with E-state index in [9.17, 15) is 9.18 Å². The zero-order chi connectivity index (χ0) is 19.1. The number of carbonyl (C=O) groups is 1. The van der Waals surface area contributed by atoms with Gasteiger partial charge in [0.15, 0.2) is 10.9 Å². The Balaban J connectivity index is 1.46. The van der Waals surface area contributed by atoms with E-state index in [1.807, 2.05) is 24.3 Å². The zero-order valence-corrected chi connectivity index (χ0v) is 16.3. The van der Waals surface area contributed by atoms with E-state index in [1.54, 1.807) is 18.2 Å². The first-order valence-corrected chi connectivity index (χ1v) is 10.2. The van der Waals surface area contributed by atoms with E-state index < -0.39 is 0 Å². The maximum absolute atomic E-state index is 13.6. The molecular weight excluding hydrogens is 385 g/mol. The highest BCUT2D eigenvalue weighted by atomic mass is 32.2. The molecule has 0 bridgehead atoms. The number of carbonyl (C=O) groups excluding carboxylic acids is 1. The van der Waals surface area contributed by atoms with Crippen molar-refractivity contribution in [2.45, 2.75) is 23.4 Å². The second-order valence-electron chi connectivity index (χ2n) is 5.59. The van der Waals surface area contributed by atoms with Gasteiger partial charge < -0.3 is 4.74 Å². The molecule has 27 heavy (non-hydrogen) atoms. The molecule has 0 atom stereocenters. The zero-order valence-electron chi connectivity index (χ0n) is 14.6. The molecule has 0 spiro atoms. The van der Waals surface area contributed by atoms with Crippen molar-refractivity contribution >= 4 is 34.1 Å². The molecule has 1 aromatic heterocycles. The van der Waals surface area contributed by atoms with E-state index in [-0.39, 0.29) is 18.3 Å². The molecule has 1 amide bonds. The number of aryl methyl sites for hydroxylation is 1. The lowest BCUT2D eigenvalue weighted by atomic mass is 10.2. The minimum absolute atomic E-state index is 0.108. The molecule has 5 nitrogen and oxygen atoms in total. The fraction of sp³-hybridized carbons (Fsp3) is 0.211. The molecule has 1 N–H and O–H groups in total. The van der Waals surface area contributed by atoms with Crippen molar-refractivity contribution in [2.75, 3.05) is 11.9 Å². The van der Waals surface area contributed by atoms with Crippen molar-refractivity contribution in [1.82, 2.24) is 10.2 Å². The van der Waals surface area contributed by atoms with Gasteiger partial charge in [-0.1, -0.05) is 60.4 Å². The van der Waals surface area contributed by atoms with Crippen LogP contribution in [-0.4, -0.2) is 22.7 Å². The van der Waals surface area contributed by atoms with Crippen molar-refractivity contribution in [3.8, 4) is 5.75 Å². The average Bonchev–Trinajstić information content (AvgIpc) is 3.13. The van der Waals surface area contributed by atoms with E-state index in [4.69, 9.17) is 4.74 Å². The van der Waals surface area contributed by atoms with Crippen molar-refractivity contribution in [1.29, 1.82) is 0 Å². The molecule has 3 rings (SSSR count). The Kier molecular flexibility index (Phi) is 6.78. The van der Waals surface area contributed by atoms with Gasteiger partial charge in [-0.3, -0.25) is 10.1 Å². The van der Waals surface area contributed by atoms with Crippen LogP contribution in [0.5, 0.6) is 5.75 Å². The maximum atomic E-state index is 13.6. The monoisotopic (exact) mass is 403 g/mol. The topological polar surface area (TPSA) is 64.1 Å². The molecule has 0 fully saturated rings. The lowest BCUT2D eigenvalue weighted by Crippen LogP contribution is -2.20. The van der Waals surface area contributed by atoms with Crippen molar-refractivity contribution in [3.05, 3.63) is 65.5 Å². The molecule has 1 heterocycles. The number of nitrogens with one attached hydrogen (secondary N) is 1. The van der Waals surface area contributed by atoms with Crippen LogP contribution >= 0.6 is 23.1 Å².